The summed E-state index contributed by atoms with van der Waals surface area (Å²) in [5, 5.41) is 5.88. The van der Waals surface area contributed by atoms with Crippen LogP contribution in [0.2, 0.25) is 0 Å². The summed E-state index contributed by atoms with van der Waals surface area (Å²) in [6.45, 7) is 0.169. The molecule has 0 spiro atoms. The van der Waals surface area contributed by atoms with E-state index in [2.05, 4.69) is 49.2 Å². The third kappa shape index (κ3) is 3.93. The number of amides is 1. The van der Waals surface area contributed by atoms with Crippen molar-refractivity contribution in [2.45, 2.75) is 0 Å². The van der Waals surface area contributed by atoms with Crippen LogP contribution in [0.4, 0.5) is 5.69 Å². The van der Waals surface area contributed by atoms with E-state index in [9.17, 15) is 4.79 Å². The summed E-state index contributed by atoms with van der Waals surface area (Å²) in [5.74, 6) is 0.874. The molecule has 23 heavy (non-hydrogen) atoms. The Morgan fingerprint density at radius 1 is 1.17 bits per heavy atom. The maximum absolute atomic E-state index is 12.2. The molecule has 0 fully saturated rings. The van der Waals surface area contributed by atoms with Gasteiger partial charge in [0.1, 0.15) is 0 Å². The maximum atomic E-state index is 12.2. The predicted molar refractivity (Wildman–Crippen MR) is 103 cm³/mol. The number of nitrogens with one attached hydrogen (secondary N) is 2. The third-order valence-electron chi connectivity index (χ3n) is 3.04. The number of benzene rings is 2. The summed E-state index contributed by atoms with van der Waals surface area (Å²) in [4.78, 5) is 12.2. The molecule has 8 heteroatoms. The van der Waals surface area contributed by atoms with E-state index < -0.39 is 0 Å². The van der Waals surface area contributed by atoms with Crippen LogP contribution in [-0.2, 0) is 0 Å². The summed E-state index contributed by atoms with van der Waals surface area (Å²) in [5.41, 5.74) is 1.27. The predicted octanol–water partition coefficient (Wildman–Crippen LogP) is 3.91. The minimum Gasteiger partial charge on any atom is -0.454 e. The van der Waals surface area contributed by atoms with E-state index in [1.807, 2.05) is 18.2 Å². The van der Waals surface area contributed by atoms with Crippen molar-refractivity contribution >= 4 is 67.4 Å². The highest BCUT2D eigenvalue weighted by atomic mass is 127. The molecule has 0 unspecified atom stereocenters. The van der Waals surface area contributed by atoms with Gasteiger partial charge in [-0.3, -0.25) is 10.1 Å². The number of ether oxygens (including phenoxy) is 2. The Balaban J connectivity index is 1.66. The number of anilines is 1. The molecule has 0 radical (unpaired) electrons. The zero-order valence-electron chi connectivity index (χ0n) is 11.6. The van der Waals surface area contributed by atoms with Crippen LogP contribution in [0.1, 0.15) is 10.4 Å². The summed E-state index contributed by atoms with van der Waals surface area (Å²) in [7, 11) is 0. The Morgan fingerprint density at radius 2 is 1.96 bits per heavy atom. The molecule has 0 saturated heterocycles. The average Bonchev–Trinajstić information content (AvgIpc) is 2.97. The molecular weight excluding hydrogens is 495 g/mol. The maximum Gasteiger partial charge on any atom is 0.257 e. The lowest BCUT2D eigenvalue weighted by atomic mass is 10.2. The first-order valence-corrected chi connectivity index (χ1v) is 8.78. The molecule has 1 amide bonds. The highest BCUT2D eigenvalue weighted by Gasteiger charge is 2.17. The molecule has 0 atom stereocenters. The van der Waals surface area contributed by atoms with Crippen molar-refractivity contribution in [3.63, 3.8) is 0 Å². The number of fused-ring (bicyclic) bond motifs is 1. The number of thiocarbonyl (C=S) groups is 1. The molecule has 0 bridgehead atoms. The van der Waals surface area contributed by atoms with Gasteiger partial charge in [-0.15, -0.1) is 0 Å². The van der Waals surface area contributed by atoms with Crippen molar-refractivity contribution in [3.05, 3.63) is 50.0 Å². The second kappa shape index (κ2) is 7.02. The second-order valence-corrected chi connectivity index (χ2v) is 7.09. The Bertz CT molecular complexity index is 800. The van der Waals surface area contributed by atoms with E-state index in [4.69, 9.17) is 21.7 Å². The van der Waals surface area contributed by atoms with Gasteiger partial charge in [-0.25, -0.2) is 0 Å². The summed E-state index contributed by atoms with van der Waals surface area (Å²) in [6, 6.07) is 10.7. The van der Waals surface area contributed by atoms with Crippen LogP contribution in [-0.4, -0.2) is 17.8 Å². The van der Waals surface area contributed by atoms with Crippen molar-refractivity contribution in [1.82, 2.24) is 5.32 Å². The highest BCUT2D eigenvalue weighted by molar-refractivity contribution is 14.1. The van der Waals surface area contributed by atoms with Gasteiger partial charge in [0, 0.05) is 13.6 Å². The quantitative estimate of drug-likeness (QED) is 0.479. The lowest BCUT2D eigenvalue weighted by Crippen LogP contribution is -2.34. The van der Waals surface area contributed by atoms with Gasteiger partial charge < -0.3 is 14.8 Å². The molecule has 1 aliphatic heterocycles. The SMILES string of the molecule is O=C(NC(=S)Nc1ccc(Br)cc1I)c1ccc2c(c1)OCO2. The standard InChI is InChI=1S/C15H10BrIN2O3S/c16-9-2-3-11(10(17)6-9)18-15(23)19-14(20)8-1-4-12-13(5-8)22-7-21-12/h1-6H,7H2,(H2,18,19,20,23). The van der Waals surface area contributed by atoms with Crippen LogP contribution >= 0.6 is 50.7 Å². The van der Waals surface area contributed by atoms with Gasteiger partial charge in [-0.05, 0) is 71.2 Å². The van der Waals surface area contributed by atoms with E-state index in [1.165, 1.54) is 0 Å². The van der Waals surface area contributed by atoms with Crippen molar-refractivity contribution in [2.24, 2.45) is 0 Å². The monoisotopic (exact) mass is 504 g/mol. The zero-order chi connectivity index (χ0) is 16.4. The van der Waals surface area contributed by atoms with Crippen LogP contribution in [0.25, 0.3) is 0 Å². The average molecular weight is 505 g/mol. The highest BCUT2D eigenvalue weighted by Crippen LogP contribution is 2.32. The molecule has 2 aromatic carbocycles. The van der Waals surface area contributed by atoms with Crippen molar-refractivity contribution in [1.29, 1.82) is 0 Å². The smallest absolute Gasteiger partial charge is 0.257 e. The van der Waals surface area contributed by atoms with Crippen LogP contribution in [0, 0.1) is 3.57 Å². The number of halogens is 2. The fourth-order valence-electron chi connectivity index (χ4n) is 1.96. The van der Waals surface area contributed by atoms with Gasteiger partial charge in [-0.2, -0.15) is 0 Å². The number of hydrogen-bond acceptors (Lipinski definition) is 4. The molecule has 0 saturated carbocycles. The van der Waals surface area contributed by atoms with Crippen LogP contribution in [0.15, 0.2) is 40.9 Å². The van der Waals surface area contributed by atoms with Gasteiger partial charge in [0.05, 0.1) is 5.69 Å². The first kappa shape index (κ1) is 16.5. The van der Waals surface area contributed by atoms with Gasteiger partial charge in [-0.1, -0.05) is 15.9 Å². The summed E-state index contributed by atoms with van der Waals surface area (Å²) >= 11 is 10.8. The summed E-state index contributed by atoms with van der Waals surface area (Å²) < 4.78 is 12.4. The normalized spacial score (nSPS) is 11.9. The first-order chi connectivity index (χ1) is 11.0. The molecular formula is C15H10BrIN2O3S. The number of rotatable bonds is 2. The number of carbonyl (C=O) groups is 1. The van der Waals surface area contributed by atoms with Crippen LogP contribution in [0.3, 0.4) is 0 Å². The molecule has 2 aromatic rings. The van der Waals surface area contributed by atoms with Crippen molar-refractivity contribution < 1.29 is 14.3 Å². The number of carbonyl (C=O) groups excluding carboxylic acids is 1. The van der Waals surface area contributed by atoms with Crippen molar-refractivity contribution in [2.75, 3.05) is 12.1 Å². The minimum atomic E-state index is -0.312. The van der Waals surface area contributed by atoms with E-state index >= 15 is 0 Å². The first-order valence-electron chi connectivity index (χ1n) is 6.50. The Kier molecular flexibility index (Phi) is 5.02. The van der Waals surface area contributed by atoms with Crippen molar-refractivity contribution in [3.8, 4) is 11.5 Å². The van der Waals surface area contributed by atoms with Gasteiger partial charge >= 0.3 is 0 Å². The Labute approximate surface area is 160 Å². The molecule has 0 aliphatic carbocycles. The van der Waals surface area contributed by atoms with Gasteiger partial charge in [0.15, 0.2) is 16.6 Å². The summed E-state index contributed by atoms with van der Waals surface area (Å²) in [6.07, 6.45) is 0. The molecule has 118 valence electrons. The second-order valence-electron chi connectivity index (χ2n) is 4.60. The fourth-order valence-corrected chi connectivity index (χ4v) is 3.60. The third-order valence-corrected chi connectivity index (χ3v) is 4.63. The van der Waals surface area contributed by atoms with E-state index in [0.717, 1.165) is 13.7 Å². The fraction of sp³-hybridized carbons (Fsp3) is 0.0667. The van der Waals surface area contributed by atoms with E-state index in [0.29, 0.717) is 17.1 Å². The van der Waals surface area contributed by atoms with E-state index in [1.54, 1.807) is 18.2 Å². The molecule has 3 rings (SSSR count). The molecule has 1 aliphatic rings. The van der Waals surface area contributed by atoms with Gasteiger partial charge in [0.25, 0.3) is 5.91 Å². The molecule has 5 nitrogen and oxygen atoms in total. The molecule has 2 N–H and O–H groups in total. The van der Waals surface area contributed by atoms with Gasteiger partial charge in [0.2, 0.25) is 6.79 Å². The lowest BCUT2D eigenvalue weighted by Gasteiger charge is -2.11. The largest absolute Gasteiger partial charge is 0.454 e. The number of hydrogen-bond donors (Lipinski definition) is 2. The minimum absolute atomic E-state index is 0.169. The lowest BCUT2D eigenvalue weighted by molar-refractivity contribution is 0.0977. The zero-order valence-corrected chi connectivity index (χ0v) is 16.1. The van der Waals surface area contributed by atoms with E-state index in [-0.39, 0.29) is 17.8 Å². The Hall–Kier alpha value is -1.39. The molecule has 1 heterocycles. The topological polar surface area (TPSA) is 59.6 Å². The van der Waals surface area contributed by atoms with Crippen LogP contribution < -0.4 is 20.1 Å². The molecule has 0 aromatic heterocycles. The van der Waals surface area contributed by atoms with Crippen LogP contribution in [0.5, 0.6) is 11.5 Å². The Morgan fingerprint density at radius 3 is 2.74 bits per heavy atom.